The molecular formula is C11H8FNO. The average Bonchev–Trinajstić information content (AvgIpc) is 2.19. The number of benzene rings is 1. The SMILES string of the molecule is Cc1cc2nccc(C=O)c2cc1F. The van der Waals surface area contributed by atoms with Gasteiger partial charge in [0.25, 0.3) is 0 Å². The molecule has 0 bridgehead atoms. The van der Waals surface area contributed by atoms with Gasteiger partial charge in [0.15, 0.2) is 6.29 Å². The van der Waals surface area contributed by atoms with Crippen LogP contribution in [-0.2, 0) is 0 Å². The molecule has 0 radical (unpaired) electrons. The van der Waals surface area contributed by atoms with Gasteiger partial charge in [-0.25, -0.2) is 4.39 Å². The minimum atomic E-state index is -0.311. The molecule has 0 aliphatic heterocycles. The van der Waals surface area contributed by atoms with Gasteiger partial charge in [0, 0.05) is 17.1 Å². The number of fused-ring (bicyclic) bond motifs is 1. The second-order valence-electron chi connectivity index (χ2n) is 3.14. The Morgan fingerprint density at radius 3 is 2.93 bits per heavy atom. The summed E-state index contributed by atoms with van der Waals surface area (Å²) in [6.07, 6.45) is 2.25. The van der Waals surface area contributed by atoms with E-state index < -0.39 is 0 Å². The van der Waals surface area contributed by atoms with Gasteiger partial charge in [0.1, 0.15) is 5.82 Å². The van der Waals surface area contributed by atoms with Crippen LogP contribution in [0.3, 0.4) is 0 Å². The molecule has 0 aliphatic rings. The summed E-state index contributed by atoms with van der Waals surface area (Å²) in [5, 5.41) is 0.561. The first-order chi connectivity index (χ1) is 6.72. The van der Waals surface area contributed by atoms with E-state index >= 15 is 0 Å². The molecule has 0 saturated carbocycles. The highest BCUT2D eigenvalue weighted by atomic mass is 19.1. The van der Waals surface area contributed by atoms with Gasteiger partial charge in [-0.05, 0) is 30.7 Å². The molecule has 14 heavy (non-hydrogen) atoms. The van der Waals surface area contributed by atoms with Crippen LogP contribution in [0.2, 0.25) is 0 Å². The summed E-state index contributed by atoms with van der Waals surface area (Å²) in [6, 6.07) is 4.56. The average molecular weight is 189 g/mol. The number of carbonyl (C=O) groups is 1. The third-order valence-corrected chi connectivity index (χ3v) is 2.18. The Bertz CT molecular complexity index is 508. The number of carbonyl (C=O) groups excluding carboxylic acids is 1. The van der Waals surface area contributed by atoms with Gasteiger partial charge in [-0.15, -0.1) is 0 Å². The number of pyridine rings is 1. The van der Waals surface area contributed by atoms with Crippen molar-refractivity contribution in [3.63, 3.8) is 0 Å². The lowest BCUT2D eigenvalue weighted by atomic mass is 10.1. The van der Waals surface area contributed by atoms with E-state index in [9.17, 15) is 9.18 Å². The molecule has 1 aromatic carbocycles. The minimum absolute atomic E-state index is 0.311. The molecule has 0 amide bonds. The van der Waals surface area contributed by atoms with Gasteiger partial charge in [0.05, 0.1) is 5.52 Å². The molecule has 2 rings (SSSR count). The van der Waals surface area contributed by atoms with E-state index in [1.165, 1.54) is 6.07 Å². The van der Waals surface area contributed by atoms with Crippen molar-refractivity contribution in [2.24, 2.45) is 0 Å². The zero-order valence-electron chi connectivity index (χ0n) is 7.62. The summed E-state index contributed by atoms with van der Waals surface area (Å²) in [6.45, 7) is 1.67. The molecule has 0 saturated heterocycles. The topological polar surface area (TPSA) is 30.0 Å². The van der Waals surface area contributed by atoms with Crippen molar-refractivity contribution < 1.29 is 9.18 Å². The minimum Gasteiger partial charge on any atom is -0.298 e. The number of rotatable bonds is 1. The molecule has 1 aromatic heterocycles. The predicted octanol–water partition coefficient (Wildman–Crippen LogP) is 2.49. The molecule has 0 spiro atoms. The normalized spacial score (nSPS) is 10.4. The van der Waals surface area contributed by atoms with E-state index in [0.29, 0.717) is 28.3 Å². The second-order valence-corrected chi connectivity index (χ2v) is 3.14. The number of halogens is 1. The van der Waals surface area contributed by atoms with Crippen LogP contribution in [-0.4, -0.2) is 11.3 Å². The third-order valence-electron chi connectivity index (χ3n) is 2.18. The van der Waals surface area contributed by atoms with Crippen molar-refractivity contribution >= 4 is 17.2 Å². The number of aryl methyl sites for hydroxylation is 1. The van der Waals surface area contributed by atoms with E-state index in [0.717, 1.165) is 0 Å². The lowest BCUT2D eigenvalue weighted by molar-refractivity contribution is 0.112. The van der Waals surface area contributed by atoms with Crippen molar-refractivity contribution in [2.75, 3.05) is 0 Å². The van der Waals surface area contributed by atoms with Crippen molar-refractivity contribution in [1.29, 1.82) is 0 Å². The molecule has 0 atom stereocenters. The summed E-state index contributed by atoms with van der Waals surface area (Å²) < 4.78 is 13.2. The van der Waals surface area contributed by atoms with E-state index in [2.05, 4.69) is 4.98 Å². The summed E-state index contributed by atoms with van der Waals surface area (Å²) in [7, 11) is 0. The van der Waals surface area contributed by atoms with Crippen LogP contribution in [0.4, 0.5) is 4.39 Å². The van der Waals surface area contributed by atoms with E-state index in [-0.39, 0.29) is 5.82 Å². The van der Waals surface area contributed by atoms with Crippen molar-refractivity contribution in [3.05, 3.63) is 41.3 Å². The molecule has 0 fully saturated rings. The molecule has 70 valence electrons. The van der Waals surface area contributed by atoms with Crippen molar-refractivity contribution in [3.8, 4) is 0 Å². The summed E-state index contributed by atoms with van der Waals surface area (Å²) in [5.41, 5.74) is 1.65. The van der Waals surface area contributed by atoms with Crippen LogP contribution in [0.5, 0.6) is 0 Å². The maximum Gasteiger partial charge on any atom is 0.150 e. The van der Waals surface area contributed by atoms with E-state index in [1.807, 2.05) is 0 Å². The molecule has 2 aromatic rings. The smallest absolute Gasteiger partial charge is 0.150 e. The first-order valence-corrected chi connectivity index (χ1v) is 4.22. The fourth-order valence-corrected chi connectivity index (χ4v) is 1.39. The summed E-state index contributed by atoms with van der Waals surface area (Å²) >= 11 is 0. The zero-order valence-corrected chi connectivity index (χ0v) is 7.62. The van der Waals surface area contributed by atoms with Crippen LogP contribution < -0.4 is 0 Å². The van der Waals surface area contributed by atoms with Crippen LogP contribution in [0, 0.1) is 12.7 Å². The Hall–Kier alpha value is -1.77. The Kier molecular flexibility index (Phi) is 2.00. The number of nitrogens with zero attached hydrogens (tertiary/aromatic N) is 1. The molecule has 1 heterocycles. The third kappa shape index (κ3) is 1.27. The lowest BCUT2D eigenvalue weighted by Gasteiger charge is -2.02. The lowest BCUT2D eigenvalue weighted by Crippen LogP contribution is -1.90. The number of aldehydes is 1. The number of hydrogen-bond donors (Lipinski definition) is 0. The predicted molar refractivity (Wildman–Crippen MR) is 51.8 cm³/mol. The standard InChI is InChI=1S/C11H8FNO/c1-7-4-11-9(5-10(7)12)8(6-14)2-3-13-11/h2-6H,1H3. The molecular weight excluding hydrogens is 181 g/mol. The van der Waals surface area contributed by atoms with Gasteiger partial charge in [-0.3, -0.25) is 9.78 Å². The van der Waals surface area contributed by atoms with Crippen LogP contribution >= 0.6 is 0 Å². The van der Waals surface area contributed by atoms with Crippen molar-refractivity contribution in [2.45, 2.75) is 6.92 Å². The maximum absolute atomic E-state index is 13.2. The summed E-state index contributed by atoms with van der Waals surface area (Å²) in [4.78, 5) is 14.7. The van der Waals surface area contributed by atoms with Gasteiger partial charge < -0.3 is 0 Å². The van der Waals surface area contributed by atoms with Gasteiger partial charge >= 0.3 is 0 Å². The van der Waals surface area contributed by atoms with Crippen LogP contribution in [0.1, 0.15) is 15.9 Å². The zero-order chi connectivity index (χ0) is 10.1. The molecule has 0 unspecified atom stereocenters. The highest BCUT2D eigenvalue weighted by Gasteiger charge is 2.04. The van der Waals surface area contributed by atoms with Crippen LogP contribution in [0.25, 0.3) is 10.9 Å². The maximum atomic E-state index is 13.2. The van der Waals surface area contributed by atoms with Gasteiger partial charge in [-0.1, -0.05) is 0 Å². The highest BCUT2D eigenvalue weighted by molar-refractivity contribution is 5.96. The number of hydrogen-bond acceptors (Lipinski definition) is 2. The Labute approximate surface area is 80.4 Å². The first-order valence-electron chi connectivity index (χ1n) is 4.22. The molecule has 3 heteroatoms. The highest BCUT2D eigenvalue weighted by Crippen LogP contribution is 2.19. The first kappa shape index (κ1) is 8.81. The molecule has 0 N–H and O–H groups in total. The monoisotopic (exact) mass is 189 g/mol. The fourth-order valence-electron chi connectivity index (χ4n) is 1.39. The molecule has 2 nitrogen and oxygen atoms in total. The Morgan fingerprint density at radius 1 is 1.43 bits per heavy atom. The fraction of sp³-hybridized carbons (Fsp3) is 0.0909. The largest absolute Gasteiger partial charge is 0.298 e. The van der Waals surface area contributed by atoms with Gasteiger partial charge in [-0.2, -0.15) is 0 Å². The van der Waals surface area contributed by atoms with Gasteiger partial charge in [0.2, 0.25) is 0 Å². The molecule has 0 aliphatic carbocycles. The second kappa shape index (κ2) is 3.18. The number of aromatic nitrogens is 1. The quantitative estimate of drug-likeness (QED) is 0.645. The Balaban J connectivity index is 2.88. The Morgan fingerprint density at radius 2 is 2.21 bits per heavy atom. The summed E-state index contributed by atoms with van der Waals surface area (Å²) in [5.74, 6) is -0.311. The van der Waals surface area contributed by atoms with Crippen LogP contribution in [0.15, 0.2) is 24.4 Å². The van der Waals surface area contributed by atoms with E-state index in [1.54, 1.807) is 25.3 Å². The van der Waals surface area contributed by atoms with E-state index in [4.69, 9.17) is 0 Å². The van der Waals surface area contributed by atoms with Crippen molar-refractivity contribution in [1.82, 2.24) is 4.98 Å².